The van der Waals surface area contributed by atoms with E-state index in [1.165, 1.54) is 29.2 Å². The minimum absolute atomic E-state index is 0.226. The van der Waals surface area contributed by atoms with Crippen molar-refractivity contribution in [1.29, 1.82) is 0 Å². The van der Waals surface area contributed by atoms with E-state index in [4.69, 9.17) is 0 Å². The second kappa shape index (κ2) is 6.18. The van der Waals surface area contributed by atoms with Gasteiger partial charge in [-0.2, -0.15) is 4.31 Å². The number of hydrogen-bond donors (Lipinski definition) is 1. The van der Waals surface area contributed by atoms with Crippen LogP contribution >= 0.6 is 0 Å². The van der Waals surface area contributed by atoms with E-state index in [2.05, 4.69) is 5.32 Å². The molecule has 8 heteroatoms. The third kappa shape index (κ3) is 2.69. The van der Waals surface area contributed by atoms with Crippen molar-refractivity contribution in [3.8, 4) is 0 Å². The van der Waals surface area contributed by atoms with Gasteiger partial charge in [-0.3, -0.25) is 14.5 Å². The molecule has 3 rings (SSSR count). The van der Waals surface area contributed by atoms with Crippen molar-refractivity contribution in [3.05, 3.63) is 23.8 Å². The Hall–Kier alpha value is -1.93. The average Bonchev–Trinajstić information content (AvgIpc) is 3.20. The number of hydrogen-bond acceptors (Lipinski definition) is 4. The summed E-state index contributed by atoms with van der Waals surface area (Å²) in [5.41, 5.74) is 1.32. The van der Waals surface area contributed by atoms with Crippen LogP contribution in [0.5, 0.6) is 0 Å². The van der Waals surface area contributed by atoms with Crippen molar-refractivity contribution in [2.45, 2.75) is 37.1 Å². The number of likely N-dealkylation sites (N-methyl/N-ethyl adjacent to an activating group) is 1. The minimum atomic E-state index is -3.51. The van der Waals surface area contributed by atoms with Gasteiger partial charge in [0, 0.05) is 39.2 Å². The minimum Gasteiger partial charge on any atom is -0.357 e. The van der Waals surface area contributed by atoms with E-state index in [0.717, 1.165) is 12.8 Å². The lowest BCUT2D eigenvalue weighted by Gasteiger charge is -2.22. The lowest BCUT2D eigenvalue weighted by molar-refractivity contribution is -0.125. The summed E-state index contributed by atoms with van der Waals surface area (Å²) in [6.45, 7) is 2.49. The smallest absolute Gasteiger partial charge is 0.243 e. The fraction of sp³-hybridized carbons (Fsp3) is 0.500. The summed E-state index contributed by atoms with van der Waals surface area (Å²) in [4.78, 5) is 25.7. The number of nitrogens with zero attached hydrogens (tertiary/aromatic N) is 2. The Morgan fingerprint density at radius 3 is 2.46 bits per heavy atom. The molecule has 0 bridgehead atoms. The topological polar surface area (TPSA) is 86.8 Å². The maximum absolute atomic E-state index is 12.7. The Kier molecular flexibility index (Phi) is 4.35. The van der Waals surface area contributed by atoms with E-state index < -0.39 is 16.1 Å². The van der Waals surface area contributed by atoms with Crippen LogP contribution in [0.3, 0.4) is 0 Å². The molecule has 0 aromatic heterocycles. The van der Waals surface area contributed by atoms with Crippen molar-refractivity contribution < 1.29 is 18.0 Å². The molecular formula is C16H21N3O4S. The summed E-state index contributed by atoms with van der Waals surface area (Å²) >= 11 is 0. The summed E-state index contributed by atoms with van der Waals surface area (Å²) in [5, 5.41) is 2.56. The van der Waals surface area contributed by atoms with Gasteiger partial charge < -0.3 is 5.32 Å². The SMILES string of the molecule is CNC(=O)[C@@H]1Cc2cc(S(=O)(=O)N3CCCC3)ccc2N1C(C)=O. The number of fused-ring (bicyclic) bond motifs is 1. The van der Waals surface area contributed by atoms with Crippen LogP contribution in [0.2, 0.25) is 0 Å². The molecule has 2 heterocycles. The van der Waals surface area contributed by atoms with Crippen molar-refractivity contribution in [2.75, 3.05) is 25.0 Å². The molecule has 1 aromatic carbocycles. The number of nitrogens with one attached hydrogen (secondary N) is 1. The predicted molar refractivity (Wildman–Crippen MR) is 89.2 cm³/mol. The molecule has 0 saturated carbocycles. The Morgan fingerprint density at radius 1 is 1.21 bits per heavy atom. The Bertz CT molecular complexity index is 785. The zero-order valence-corrected chi connectivity index (χ0v) is 14.6. The summed E-state index contributed by atoms with van der Waals surface area (Å²) in [5.74, 6) is -0.497. The van der Waals surface area contributed by atoms with Crippen LogP contribution in [-0.4, -0.2) is 50.7 Å². The molecule has 2 aliphatic heterocycles. The van der Waals surface area contributed by atoms with Crippen LogP contribution in [0.15, 0.2) is 23.1 Å². The normalized spacial score (nSPS) is 20.9. The zero-order valence-electron chi connectivity index (χ0n) is 13.8. The van der Waals surface area contributed by atoms with Crippen molar-refractivity contribution in [1.82, 2.24) is 9.62 Å². The molecule has 1 atom stereocenters. The first-order valence-electron chi connectivity index (χ1n) is 8.00. The number of carbonyl (C=O) groups excluding carboxylic acids is 2. The van der Waals surface area contributed by atoms with Gasteiger partial charge in [0.25, 0.3) is 0 Å². The Labute approximate surface area is 141 Å². The van der Waals surface area contributed by atoms with Gasteiger partial charge in [0.05, 0.1) is 4.90 Å². The molecule has 1 fully saturated rings. The van der Waals surface area contributed by atoms with Crippen LogP contribution in [0.4, 0.5) is 5.69 Å². The summed E-state index contributed by atoms with van der Waals surface area (Å²) in [6.07, 6.45) is 2.07. The highest BCUT2D eigenvalue weighted by Crippen LogP contribution is 2.35. The highest BCUT2D eigenvalue weighted by atomic mass is 32.2. The number of amides is 2. The van der Waals surface area contributed by atoms with Gasteiger partial charge in [-0.25, -0.2) is 8.42 Å². The highest BCUT2D eigenvalue weighted by Gasteiger charge is 2.37. The van der Waals surface area contributed by atoms with E-state index in [-0.39, 0.29) is 16.7 Å². The van der Waals surface area contributed by atoms with Gasteiger partial charge in [-0.05, 0) is 36.6 Å². The van der Waals surface area contributed by atoms with Crippen LogP contribution < -0.4 is 10.2 Å². The largest absolute Gasteiger partial charge is 0.357 e. The number of sulfonamides is 1. The molecule has 24 heavy (non-hydrogen) atoms. The Balaban J connectivity index is 1.99. The first-order chi connectivity index (χ1) is 11.4. The highest BCUT2D eigenvalue weighted by molar-refractivity contribution is 7.89. The van der Waals surface area contributed by atoms with Crippen molar-refractivity contribution in [2.24, 2.45) is 0 Å². The van der Waals surface area contributed by atoms with E-state index in [1.807, 2.05) is 0 Å². The molecule has 130 valence electrons. The zero-order chi connectivity index (χ0) is 17.5. The van der Waals surface area contributed by atoms with E-state index in [9.17, 15) is 18.0 Å². The maximum atomic E-state index is 12.7. The molecule has 1 aromatic rings. The van der Waals surface area contributed by atoms with Gasteiger partial charge in [0.2, 0.25) is 21.8 Å². The predicted octanol–water partition coefficient (Wildman–Crippen LogP) is 0.495. The van der Waals surface area contributed by atoms with E-state index in [1.54, 1.807) is 12.1 Å². The van der Waals surface area contributed by atoms with Crippen LogP contribution in [0.1, 0.15) is 25.3 Å². The molecule has 1 N–H and O–H groups in total. The quantitative estimate of drug-likeness (QED) is 0.859. The standard InChI is InChI=1S/C16H21N3O4S/c1-11(20)19-14-6-5-13(24(22,23)18-7-3-4-8-18)9-12(14)10-15(19)16(21)17-2/h5-6,9,15H,3-4,7-8,10H2,1-2H3,(H,17,21)/t15-/m0/s1. The third-order valence-electron chi connectivity index (χ3n) is 4.63. The molecule has 2 amide bonds. The fourth-order valence-corrected chi connectivity index (χ4v) is 5.00. The lowest BCUT2D eigenvalue weighted by Crippen LogP contribution is -2.46. The van der Waals surface area contributed by atoms with Gasteiger partial charge in [0.1, 0.15) is 6.04 Å². The molecular weight excluding hydrogens is 330 g/mol. The monoisotopic (exact) mass is 351 g/mol. The second-order valence-corrected chi connectivity index (χ2v) is 8.06. The van der Waals surface area contributed by atoms with Crippen LogP contribution in [0.25, 0.3) is 0 Å². The summed E-state index contributed by atoms with van der Waals surface area (Å²) < 4.78 is 26.9. The average molecular weight is 351 g/mol. The first kappa shape index (κ1) is 16.9. The van der Waals surface area contributed by atoms with Crippen LogP contribution in [-0.2, 0) is 26.0 Å². The van der Waals surface area contributed by atoms with Gasteiger partial charge in [-0.1, -0.05) is 0 Å². The van der Waals surface area contributed by atoms with Gasteiger partial charge in [-0.15, -0.1) is 0 Å². The fourth-order valence-electron chi connectivity index (χ4n) is 3.43. The number of anilines is 1. The summed E-state index contributed by atoms with van der Waals surface area (Å²) in [6, 6.07) is 4.12. The van der Waals surface area contributed by atoms with E-state index >= 15 is 0 Å². The molecule has 2 aliphatic rings. The number of benzene rings is 1. The van der Waals surface area contributed by atoms with Crippen LogP contribution in [0, 0.1) is 0 Å². The summed E-state index contributed by atoms with van der Waals surface area (Å²) in [7, 11) is -1.99. The number of rotatable bonds is 3. The van der Waals surface area contributed by atoms with Gasteiger partial charge in [0.15, 0.2) is 0 Å². The first-order valence-corrected chi connectivity index (χ1v) is 9.44. The molecule has 0 aliphatic carbocycles. The molecule has 0 unspecified atom stereocenters. The Morgan fingerprint density at radius 2 is 1.88 bits per heavy atom. The third-order valence-corrected chi connectivity index (χ3v) is 6.52. The molecule has 0 spiro atoms. The maximum Gasteiger partial charge on any atom is 0.243 e. The lowest BCUT2D eigenvalue weighted by atomic mass is 10.1. The van der Waals surface area contributed by atoms with Gasteiger partial charge >= 0.3 is 0 Å². The van der Waals surface area contributed by atoms with Crippen molar-refractivity contribution in [3.63, 3.8) is 0 Å². The van der Waals surface area contributed by atoms with E-state index in [0.29, 0.717) is 30.8 Å². The van der Waals surface area contributed by atoms with Crippen molar-refractivity contribution >= 4 is 27.5 Å². The molecule has 1 saturated heterocycles. The molecule has 7 nitrogen and oxygen atoms in total. The number of carbonyl (C=O) groups is 2. The second-order valence-electron chi connectivity index (χ2n) is 6.12. The molecule has 0 radical (unpaired) electrons.